The third kappa shape index (κ3) is 11.0. The molecule has 7 nitrogen and oxygen atoms in total. The molecule has 3 aromatic carbocycles. The number of rotatable bonds is 16. The molecule has 0 aromatic heterocycles. The summed E-state index contributed by atoms with van der Waals surface area (Å²) in [6.45, 7) is 3.22. The van der Waals surface area contributed by atoms with Crippen LogP contribution in [0.3, 0.4) is 0 Å². The van der Waals surface area contributed by atoms with Gasteiger partial charge in [-0.05, 0) is 66.6 Å². The Kier molecular flexibility index (Phi) is 12.6. The number of hydrogen-bond acceptors (Lipinski definition) is 6. The zero-order valence-corrected chi connectivity index (χ0v) is 22.8. The number of carboxylic acids is 1. The number of amides is 1. The van der Waals surface area contributed by atoms with Crippen LogP contribution in [0.1, 0.15) is 24.5 Å². The van der Waals surface area contributed by atoms with Crippen molar-refractivity contribution in [2.45, 2.75) is 37.4 Å². The van der Waals surface area contributed by atoms with Crippen LogP contribution in [0.15, 0.2) is 83.8 Å². The van der Waals surface area contributed by atoms with E-state index in [1.54, 1.807) is 60.0 Å². The Morgan fingerprint density at radius 3 is 2.31 bits per heavy atom. The molecule has 1 atom stereocenters. The average Bonchev–Trinajstić information content (AvgIpc) is 2.95. The third-order valence-corrected chi connectivity index (χ3v) is 6.83. The van der Waals surface area contributed by atoms with Gasteiger partial charge in [-0.1, -0.05) is 42.5 Å². The molecule has 0 radical (unpaired) electrons. The van der Waals surface area contributed by atoms with Crippen LogP contribution in [0.5, 0.6) is 5.75 Å². The number of carbonyl (C=O) groups excluding carboxylic acids is 1. The molecule has 9 heteroatoms. The SMILES string of the molecule is CCOC(Cc1ccc(OCCN(CCCSc2ccccc2)C(=O)OCc2ccc(F)cc2)cc1)C(=O)O. The van der Waals surface area contributed by atoms with E-state index < -0.39 is 18.2 Å². The largest absolute Gasteiger partial charge is 0.492 e. The molecule has 0 aliphatic carbocycles. The van der Waals surface area contributed by atoms with Crippen molar-refractivity contribution in [3.05, 3.63) is 95.8 Å². The number of halogens is 1. The Morgan fingerprint density at radius 2 is 1.64 bits per heavy atom. The van der Waals surface area contributed by atoms with Crippen LogP contribution in [-0.2, 0) is 27.3 Å². The Hall–Kier alpha value is -3.56. The maximum absolute atomic E-state index is 13.2. The molecule has 0 heterocycles. The molecule has 0 spiro atoms. The number of thioether (sulfide) groups is 1. The zero-order valence-electron chi connectivity index (χ0n) is 22.0. The fraction of sp³-hybridized carbons (Fsp3) is 0.333. The van der Waals surface area contributed by atoms with Gasteiger partial charge in [0.1, 0.15) is 24.8 Å². The van der Waals surface area contributed by atoms with Crippen LogP contribution < -0.4 is 4.74 Å². The Morgan fingerprint density at radius 1 is 0.949 bits per heavy atom. The summed E-state index contributed by atoms with van der Waals surface area (Å²) in [6.07, 6.45) is -0.322. The number of benzene rings is 3. The van der Waals surface area contributed by atoms with Crippen LogP contribution in [0.25, 0.3) is 0 Å². The third-order valence-electron chi connectivity index (χ3n) is 5.74. The van der Waals surface area contributed by atoms with Crippen LogP contribution in [0.4, 0.5) is 9.18 Å². The highest BCUT2D eigenvalue weighted by Crippen LogP contribution is 2.18. The van der Waals surface area contributed by atoms with Crippen molar-refractivity contribution < 1.29 is 33.3 Å². The van der Waals surface area contributed by atoms with E-state index in [0.717, 1.165) is 17.7 Å². The quantitative estimate of drug-likeness (QED) is 0.170. The molecule has 1 unspecified atom stereocenters. The summed E-state index contributed by atoms with van der Waals surface area (Å²) in [6, 6.07) is 23.1. The molecule has 1 N–H and O–H groups in total. The molecule has 208 valence electrons. The molecule has 0 aliphatic heterocycles. The van der Waals surface area contributed by atoms with Gasteiger partial charge in [0.25, 0.3) is 0 Å². The first-order chi connectivity index (χ1) is 18.9. The lowest BCUT2D eigenvalue weighted by atomic mass is 10.1. The highest BCUT2D eigenvalue weighted by molar-refractivity contribution is 7.99. The number of ether oxygens (including phenoxy) is 3. The molecule has 3 aromatic rings. The topological polar surface area (TPSA) is 85.3 Å². The normalized spacial score (nSPS) is 11.5. The van der Waals surface area contributed by atoms with Gasteiger partial charge in [-0.15, -0.1) is 11.8 Å². The van der Waals surface area contributed by atoms with Gasteiger partial charge in [-0.25, -0.2) is 14.0 Å². The molecular weight excluding hydrogens is 521 g/mol. The van der Waals surface area contributed by atoms with Crippen molar-refractivity contribution in [2.24, 2.45) is 0 Å². The number of aliphatic carboxylic acids is 1. The standard InChI is InChI=1S/C30H34FNO6S/c1-2-36-28(29(33)34)21-23-11-15-26(16-12-23)37-19-18-32(17-6-20-39-27-7-4-3-5-8-27)30(35)38-22-24-9-13-25(31)14-10-24/h3-5,7-16,28H,2,6,17-22H2,1H3,(H,33,34). The van der Waals surface area contributed by atoms with E-state index in [4.69, 9.17) is 14.2 Å². The number of nitrogens with zero attached hydrogens (tertiary/aromatic N) is 1. The van der Waals surface area contributed by atoms with E-state index >= 15 is 0 Å². The highest BCUT2D eigenvalue weighted by Gasteiger charge is 2.18. The molecule has 0 saturated carbocycles. The van der Waals surface area contributed by atoms with Crippen LogP contribution in [-0.4, -0.2) is 60.2 Å². The lowest BCUT2D eigenvalue weighted by molar-refractivity contribution is -0.149. The Balaban J connectivity index is 1.51. The van der Waals surface area contributed by atoms with Gasteiger partial charge in [-0.3, -0.25) is 0 Å². The van der Waals surface area contributed by atoms with E-state index in [1.807, 2.05) is 18.2 Å². The summed E-state index contributed by atoms with van der Waals surface area (Å²) in [4.78, 5) is 27.0. The molecule has 39 heavy (non-hydrogen) atoms. The van der Waals surface area contributed by atoms with Gasteiger partial charge >= 0.3 is 12.1 Å². The van der Waals surface area contributed by atoms with E-state index in [9.17, 15) is 19.1 Å². The summed E-state index contributed by atoms with van der Waals surface area (Å²) in [5, 5.41) is 9.27. The fourth-order valence-corrected chi connectivity index (χ4v) is 4.56. The van der Waals surface area contributed by atoms with Gasteiger partial charge in [0.15, 0.2) is 6.10 Å². The van der Waals surface area contributed by atoms with E-state index in [-0.39, 0.29) is 25.5 Å². The molecule has 0 fully saturated rings. The minimum absolute atomic E-state index is 0.0514. The molecule has 0 aliphatic rings. The highest BCUT2D eigenvalue weighted by atomic mass is 32.2. The predicted molar refractivity (Wildman–Crippen MR) is 149 cm³/mol. The second kappa shape index (κ2) is 16.4. The van der Waals surface area contributed by atoms with Gasteiger partial charge in [0.2, 0.25) is 0 Å². The van der Waals surface area contributed by atoms with Crippen LogP contribution in [0.2, 0.25) is 0 Å². The van der Waals surface area contributed by atoms with Crippen molar-refractivity contribution in [1.29, 1.82) is 0 Å². The molecule has 3 rings (SSSR count). The first-order valence-corrected chi connectivity index (χ1v) is 13.8. The van der Waals surface area contributed by atoms with E-state index in [0.29, 0.717) is 31.0 Å². The van der Waals surface area contributed by atoms with Crippen molar-refractivity contribution in [3.63, 3.8) is 0 Å². The minimum atomic E-state index is -0.995. The summed E-state index contributed by atoms with van der Waals surface area (Å²) in [5.41, 5.74) is 1.53. The molecule has 0 saturated heterocycles. The lowest BCUT2D eigenvalue weighted by Crippen LogP contribution is -2.36. The van der Waals surface area contributed by atoms with E-state index in [2.05, 4.69) is 12.1 Å². The smallest absolute Gasteiger partial charge is 0.410 e. The van der Waals surface area contributed by atoms with Crippen molar-refractivity contribution in [1.82, 2.24) is 4.90 Å². The average molecular weight is 556 g/mol. The fourth-order valence-electron chi connectivity index (χ4n) is 3.70. The number of hydrogen-bond donors (Lipinski definition) is 1. The van der Waals surface area contributed by atoms with E-state index in [1.165, 1.54) is 17.0 Å². The van der Waals surface area contributed by atoms with Gasteiger partial charge in [0, 0.05) is 24.5 Å². The van der Waals surface area contributed by atoms with Crippen molar-refractivity contribution in [2.75, 3.05) is 32.1 Å². The summed E-state index contributed by atoms with van der Waals surface area (Å²) >= 11 is 1.73. The first kappa shape index (κ1) is 30.0. The molecular formula is C30H34FNO6S. The molecule has 1 amide bonds. The van der Waals surface area contributed by atoms with Gasteiger partial charge < -0.3 is 24.2 Å². The van der Waals surface area contributed by atoms with Gasteiger partial charge in [-0.2, -0.15) is 0 Å². The maximum Gasteiger partial charge on any atom is 0.410 e. The van der Waals surface area contributed by atoms with Crippen molar-refractivity contribution >= 4 is 23.8 Å². The Bertz CT molecular complexity index is 1140. The zero-order chi connectivity index (χ0) is 27.9. The maximum atomic E-state index is 13.2. The first-order valence-electron chi connectivity index (χ1n) is 12.8. The van der Waals surface area contributed by atoms with Crippen LogP contribution in [0, 0.1) is 5.82 Å². The van der Waals surface area contributed by atoms with Crippen molar-refractivity contribution in [3.8, 4) is 5.75 Å². The Labute approximate surface area is 232 Å². The molecule has 0 bridgehead atoms. The number of carbonyl (C=O) groups is 2. The summed E-state index contributed by atoms with van der Waals surface area (Å²) in [5.74, 6) is 0.114. The summed E-state index contributed by atoms with van der Waals surface area (Å²) in [7, 11) is 0. The monoisotopic (exact) mass is 555 g/mol. The lowest BCUT2D eigenvalue weighted by Gasteiger charge is -2.22. The predicted octanol–water partition coefficient (Wildman–Crippen LogP) is 6.06. The van der Waals surface area contributed by atoms with Gasteiger partial charge in [0.05, 0.1) is 6.54 Å². The second-order valence-electron chi connectivity index (χ2n) is 8.66. The number of carboxylic acid groups (broad SMARTS) is 1. The minimum Gasteiger partial charge on any atom is -0.492 e. The summed E-state index contributed by atoms with van der Waals surface area (Å²) < 4.78 is 29.8. The second-order valence-corrected chi connectivity index (χ2v) is 9.83. The van der Waals surface area contributed by atoms with Crippen LogP contribution >= 0.6 is 11.8 Å².